The topological polar surface area (TPSA) is 81.4 Å². The van der Waals surface area contributed by atoms with Gasteiger partial charge < -0.3 is 10.1 Å². The number of carbonyl (C=O) groups excluding carboxylic acids is 1. The van der Waals surface area contributed by atoms with Crippen molar-refractivity contribution < 1.29 is 9.53 Å². The normalized spacial score (nSPS) is 11.0. The minimum Gasteiger partial charge on any atom is -0.492 e. The highest BCUT2D eigenvalue weighted by atomic mass is 35.5. The van der Waals surface area contributed by atoms with Crippen molar-refractivity contribution in [1.82, 2.24) is 24.9 Å². The van der Waals surface area contributed by atoms with Crippen molar-refractivity contribution in [3.05, 3.63) is 46.2 Å². The Morgan fingerprint density at radius 3 is 2.70 bits per heavy atom. The molecular weight excluding hydrogens is 386 g/mol. The second-order valence-electron chi connectivity index (χ2n) is 5.95. The van der Waals surface area contributed by atoms with Crippen molar-refractivity contribution in [3.8, 4) is 5.75 Å². The molecular formula is C18H20ClN5O2S. The quantitative estimate of drug-likeness (QED) is 0.480. The van der Waals surface area contributed by atoms with E-state index in [2.05, 4.69) is 20.4 Å². The summed E-state index contributed by atoms with van der Waals surface area (Å²) in [7, 11) is 0. The van der Waals surface area contributed by atoms with Gasteiger partial charge in [0.25, 0.3) is 5.78 Å². The lowest BCUT2D eigenvalue weighted by molar-refractivity contribution is -0.118. The molecule has 0 spiro atoms. The van der Waals surface area contributed by atoms with E-state index in [-0.39, 0.29) is 11.7 Å². The molecule has 0 saturated carbocycles. The van der Waals surface area contributed by atoms with Gasteiger partial charge in [0.15, 0.2) is 0 Å². The van der Waals surface area contributed by atoms with Gasteiger partial charge >= 0.3 is 0 Å². The van der Waals surface area contributed by atoms with Gasteiger partial charge in [-0.25, -0.2) is 9.50 Å². The van der Waals surface area contributed by atoms with Gasteiger partial charge in [-0.2, -0.15) is 4.98 Å². The minimum atomic E-state index is -0.101. The fraction of sp³-hybridized carbons (Fsp3) is 0.333. The Balaban J connectivity index is 1.45. The highest BCUT2D eigenvalue weighted by Gasteiger charge is 2.12. The average Bonchev–Trinajstić information content (AvgIpc) is 3.06. The Hall–Kier alpha value is -2.32. The van der Waals surface area contributed by atoms with Crippen molar-refractivity contribution in [2.45, 2.75) is 25.9 Å². The molecule has 7 nitrogen and oxygen atoms in total. The number of thioether (sulfide) groups is 1. The van der Waals surface area contributed by atoms with Crippen LogP contribution in [-0.4, -0.2) is 44.4 Å². The molecule has 0 atom stereocenters. The van der Waals surface area contributed by atoms with Crippen LogP contribution in [-0.2, 0) is 4.79 Å². The van der Waals surface area contributed by atoms with Gasteiger partial charge in [-0.1, -0.05) is 23.4 Å². The molecule has 0 fully saturated rings. The molecule has 0 bridgehead atoms. The first-order valence-electron chi connectivity index (χ1n) is 8.42. The van der Waals surface area contributed by atoms with Crippen molar-refractivity contribution >= 4 is 35.0 Å². The van der Waals surface area contributed by atoms with E-state index in [1.54, 1.807) is 28.8 Å². The van der Waals surface area contributed by atoms with E-state index in [9.17, 15) is 4.79 Å². The standard InChI is InChI=1S/C18H20ClN5O2S/c1-11-12(2)21-17-22-18(23-24(17)13(11)3)27-10-16(25)20-8-9-26-15-6-4-14(19)5-7-15/h4-7H,8-10H2,1-3H3,(H,20,25). The van der Waals surface area contributed by atoms with Gasteiger partial charge in [0.05, 0.1) is 12.3 Å². The fourth-order valence-corrected chi connectivity index (χ4v) is 3.14. The summed E-state index contributed by atoms with van der Waals surface area (Å²) in [5.41, 5.74) is 3.02. The van der Waals surface area contributed by atoms with Crippen LogP contribution in [0.5, 0.6) is 5.75 Å². The number of aromatic nitrogens is 4. The molecule has 0 aliphatic rings. The molecule has 9 heteroatoms. The number of hydrogen-bond donors (Lipinski definition) is 1. The third-order valence-corrected chi connectivity index (χ3v) is 5.17. The molecule has 0 radical (unpaired) electrons. The second-order valence-corrected chi connectivity index (χ2v) is 7.33. The van der Waals surface area contributed by atoms with Crippen molar-refractivity contribution in [1.29, 1.82) is 0 Å². The lowest BCUT2D eigenvalue weighted by Crippen LogP contribution is -2.29. The Morgan fingerprint density at radius 2 is 1.96 bits per heavy atom. The molecule has 27 heavy (non-hydrogen) atoms. The zero-order valence-electron chi connectivity index (χ0n) is 15.3. The zero-order chi connectivity index (χ0) is 19.4. The van der Waals surface area contributed by atoms with Crippen LogP contribution in [0.25, 0.3) is 5.78 Å². The maximum atomic E-state index is 12.0. The minimum absolute atomic E-state index is 0.101. The molecule has 0 aliphatic carbocycles. The molecule has 0 unspecified atom stereocenters. The average molecular weight is 406 g/mol. The first kappa shape index (κ1) is 19.4. The van der Waals surface area contributed by atoms with E-state index in [1.807, 2.05) is 20.8 Å². The summed E-state index contributed by atoms with van der Waals surface area (Å²) >= 11 is 7.10. The number of carbonyl (C=O) groups is 1. The van der Waals surface area contributed by atoms with Gasteiger partial charge in [-0.15, -0.1) is 5.10 Å². The summed E-state index contributed by atoms with van der Waals surface area (Å²) in [6.07, 6.45) is 0. The molecule has 1 N–H and O–H groups in total. The zero-order valence-corrected chi connectivity index (χ0v) is 16.9. The predicted octanol–water partition coefficient (Wildman–Crippen LogP) is 2.99. The van der Waals surface area contributed by atoms with Gasteiger partial charge in [0, 0.05) is 16.4 Å². The SMILES string of the molecule is Cc1nc2nc(SCC(=O)NCCOc3ccc(Cl)cc3)nn2c(C)c1C. The lowest BCUT2D eigenvalue weighted by atomic mass is 10.2. The van der Waals surface area contributed by atoms with Gasteiger partial charge in [-0.05, 0) is 50.6 Å². The number of fused-ring (bicyclic) bond motifs is 1. The van der Waals surface area contributed by atoms with Gasteiger partial charge in [-0.3, -0.25) is 4.79 Å². The smallest absolute Gasteiger partial charge is 0.253 e. The van der Waals surface area contributed by atoms with Crippen LogP contribution in [0, 0.1) is 20.8 Å². The molecule has 1 amide bonds. The number of amides is 1. The Morgan fingerprint density at radius 1 is 1.22 bits per heavy atom. The molecule has 1 aromatic carbocycles. The molecule has 3 rings (SSSR count). The summed E-state index contributed by atoms with van der Waals surface area (Å²) in [6.45, 7) is 6.73. The Labute approximate surface area is 166 Å². The Kier molecular flexibility index (Phi) is 6.18. The summed E-state index contributed by atoms with van der Waals surface area (Å²) in [5, 5.41) is 8.42. The number of aryl methyl sites for hydroxylation is 2. The predicted molar refractivity (Wildman–Crippen MR) is 106 cm³/mol. The lowest BCUT2D eigenvalue weighted by Gasteiger charge is -2.07. The second kappa shape index (κ2) is 8.58. The highest BCUT2D eigenvalue weighted by Crippen LogP contribution is 2.17. The van der Waals surface area contributed by atoms with Crippen LogP contribution >= 0.6 is 23.4 Å². The van der Waals surface area contributed by atoms with Gasteiger partial charge in [0.1, 0.15) is 12.4 Å². The molecule has 0 aliphatic heterocycles. The van der Waals surface area contributed by atoms with Crippen LogP contribution in [0.2, 0.25) is 5.02 Å². The van der Waals surface area contributed by atoms with Crippen LogP contribution in [0.3, 0.4) is 0 Å². The van der Waals surface area contributed by atoms with Crippen LogP contribution in [0.4, 0.5) is 0 Å². The summed E-state index contributed by atoms with van der Waals surface area (Å²) in [6, 6.07) is 7.09. The maximum absolute atomic E-state index is 12.0. The fourth-order valence-electron chi connectivity index (χ4n) is 2.37. The van der Waals surface area contributed by atoms with Crippen LogP contribution in [0.1, 0.15) is 17.0 Å². The van der Waals surface area contributed by atoms with Crippen LogP contribution < -0.4 is 10.1 Å². The van der Waals surface area contributed by atoms with E-state index in [1.165, 1.54) is 11.8 Å². The summed E-state index contributed by atoms with van der Waals surface area (Å²) in [5.74, 6) is 1.39. The largest absolute Gasteiger partial charge is 0.492 e. The first-order valence-corrected chi connectivity index (χ1v) is 9.79. The van der Waals surface area contributed by atoms with Crippen molar-refractivity contribution in [2.24, 2.45) is 0 Å². The van der Waals surface area contributed by atoms with Gasteiger partial charge in [0.2, 0.25) is 11.1 Å². The molecule has 3 aromatic rings. The highest BCUT2D eigenvalue weighted by molar-refractivity contribution is 7.99. The van der Waals surface area contributed by atoms with Crippen molar-refractivity contribution in [3.63, 3.8) is 0 Å². The molecule has 0 saturated heterocycles. The molecule has 142 valence electrons. The third kappa shape index (κ3) is 4.90. The third-order valence-electron chi connectivity index (χ3n) is 4.08. The monoisotopic (exact) mass is 405 g/mol. The van der Waals surface area contributed by atoms with E-state index >= 15 is 0 Å². The number of nitrogens with one attached hydrogen (secondary N) is 1. The van der Waals surface area contributed by atoms with Crippen molar-refractivity contribution in [2.75, 3.05) is 18.9 Å². The van der Waals surface area contributed by atoms with E-state index in [0.29, 0.717) is 34.9 Å². The number of ether oxygens (including phenoxy) is 1. The summed E-state index contributed by atoms with van der Waals surface area (Å²) in [4.78, 5) is 20.8. The number of rotatable bonds is 7. The van der Waals surface area contributed by atoms with Crippen LogP contribution in [0.15, 0.2) is 29.4 Å². The van der Waals surface area contributed by atoms with E-state index < -0.39 is 0 Å². The summed E-state index contributed by atoms with van der Waals surface area (Å²) < 4.78 is 7.24. The Bertz CT molecular complexity index is 959. The van der Waals surface area contributed by atoms with E-state index in [4.69, 9.17) is 16.3 Å². The number of hydrogen-bond acceptors (Lipinski definition) is 6. The number of nitrogens with zero attached hydrogens (tertiary/aromatic N) is 4. The molecule has 2 aromatic heterocycles. The number of benzene rings is 1. The first-order chi connectivity index (χ1) is 12.9. The molecule has 2 heterocycles. The number of halogens is 1. The maximum Gasteiger partial charge on any atom is 0.253 e. The van der Waals surface area contributed by atoms with E-state index in [0.717, 1.165) is 17.0 Å².